The van der Waals surface area contributed by atoms with Crippen molar-refractivity contribution in [3.05, 3.63) is 253 Å². The Morgan fingerprint density at radius 3 is 1.55 bits per heavy atom. The van der Waals surface area contributed by atoms with E-state index in [-0.39, 0.29) is 0 Å². The van der Waals surface area contributed by atoms with Gasteiger partial charge < -0.3 is 0 Å². The SMILES string of the molecule is c1ccc(-c2nc(-c3ccccc3-c3ccc4c(c3)C(c3ccccc3)(c3ccccc3)c3ccccc3-4)cc(-c3ccccc3-c3cccc4sc5ccccc5c34)n2)cc1. The van der Waals surface area contributed by atoms with Gasteiger partial charge in [0.15, 0.2) is 5.82 Å². The van der Waals surface area contributed by atoms with E-state index >= 15 is 0 Å². The minimum absolute atomic E-state index is 0.498. The van der Waals surface area contributed by atoms with Crippen LogP contribution in [0.15, 0.2) is 231 Å². The third-order valence-electron chi connectivity index (χ3n) is 12.6. The van der Waals surface area contributed by atoms with E-state index in [2.05, 4.69) is 224 Å². The largest absolute Gasteiger partial charge is 0.228 e. The first kappa shape index (κ1) is 36.2. The molecule has 2 aromatic heterocycles. The highest BCUT2D eigenvalue weighted by molar-refractivity contribution is 7.25. The van der Waals surface area contributed by atoms with Gasteiger partial charge in [-0.1, -0.05) is 206 Å². The molecule has 0 bridgehead atoms. The summed E-state index contributed by atoms with van der Waals surface area (Å²) < 4.78 is 2.57. The Hall–Kier alpha value is -7.72. The standard InChI is InChI=1S/C59H38N2S/c1-4-19-39(20-5-1)58-60-53(38-54(61-58)48-29-13-11-26-44(48)49-31-18-34-56-57(49)50-30-15-17-33-55(50)62-56)47-28-12-10-25-43(47)40-35-36-46-45-27-14-16-32-51(45)59(52(46)37-40,41-21-6-2-7-22-41)42-23-8-3-9-24-42/h1-38H. The molecule has 290 valence electrons. The first-order chi connectivity index (χ1) is 30.8. The fraction of sp³-hybridized carbons (Fsp3) is 0.0169. The molecular formula is C59H38N2S. The zero-order chi connectivity index (χ0) is 41.0. The molecule has 3 heteroatoms. The third-order valence-corrected chi connectivity index (χ3v) is 13.8. The number of fused-ring (bicyclic) bond motifs is 6. The molecule has 0 aliphatic heterocycles. The molecular weight excluding hydrogens is 769 g/mol. The molecule has 11 aromatic rings. The molecule has 9 aromatic carbocycles. The Morgan fingerprint density at radius 1 is 0.323 bits per heavy atom. The molecule has 0 spiro atoms. The summed E-state index contributed by atoms with van der Waals surface area (Å²) in [6.07, 6.45) is 0. The summed E-state index contributed by atoms with van der Waals surface area (Å²) in [6, 6.07) is 83.4. The first-order valence-electron chi connectivity index (χ1n) is 21.2. The minimum Gasteiger partial charge on any atom is -0.228 e. The topological polar surface area (TPSA) is 25.8 Å². The predicted octanol–water partition coefficient (Wildman–Crippen LogP) is 15.5. The van der Waals surface area contributed by atoms with Crippen LogP contribution in [0.25, 0.3) is 87.5 Å². The van der Waals surface area contributed by atoms with Gasteiger partial charge in [0, 0.05) is 36.9 Å². The Balaban J connectivity index is 1.07. The molecule has 1 aliphatic carbocycles. The third kappa shape index (κ3) is 5.70. The minimum atomic E-state index is -0.498. The number of hydrogen-bond donors (Lipinski definition) is 0. The maximum atomic E-state index is 5.39. The molecule has 0 atom stereocenters. The molecule has 2 heterocycles. The lowest BCUT2D eigenvalue weighted by Gasteiger charge is -2.34. The number of rotatable bonds is 7. The van der Waals surface area contributed by atoms with Gasteiger partial charge >= 0.3 is 0 Å². The molecule has 0 saturated carbocycles. The second-order valence-electron chi connectivity index (χ2n) is 16.0. The summed E-state index contributed by atoms with van der Waals surface area (Å²) in [5.41, 5.74) is 16.6. The molecule has 12 rings (SSSR count). The molecule has 0 radical (unpaired) electrons. The second kappa shape index (κ2) is 14.8. The Labute approximate surface area is 365 Å². The van der Waals surface area contributed by atoms with Crippen molar-refractivity contribution in [3.63, 3.8) is 0 Å². The van der Waals surface area contributed by atoms with Gasteiger partial charge in [0.05, 0.1) is 16.8 Å². The molecule has 0 amide bonds. The molecule has 62 heavy (non-hydrogen) atoms. The van der Waals surface area contributed by atoms with E-state index in [0.29, 0.717) is 5.82 Å². The van der Waals surface area contributed by atoms with Gasteiger partial charge in [0.1, 0.15) is 0 Å². The summed E-state index contributed by atoms with van der Waals surface area (Å²) in [5.74, 6) is 0.693. The lowest BCUT2D eigenvalue weighted by atomic mass is 9.67. The average molecular weight is 807 g/mol. The zero-order valence-corrected chi connectivity index (χ0v) is 34.6. The van der Waals surface area contributed by atoms with Crippen LogP contribution in [0.3, 0.4) is 0 Å². The van der Waals surface area contributed by atoms with Gasteiger partial charge in [0.25, 0.3) is 0 Å². The van der Waals surface area contributed by atoms with Crippen molar-refractivity contribution < 1.29 is 0 Å². The molecule has 1 aliphatic rings. The van der Waals surface area contributed by atoms with Crippen molar-refractivity contribution in [1.82, 2.24) is 9.97 Å². The van der Waals surface area contributed by atoms with Crippen molar-refractivity contribution in [2.45, 2.75) is 5.41 Å². The monoisotopic (exact) mass is 806 g/mol. The molecule has 0 saturated heterocycles. The summed E-state index contributed by atoms with van der Waals surface area (Å²) in [5, 5.41) is 2.56. The van der Waals surface area contributed by atoms with E-state index in [0.717, 1.165) is 44.8 Å². The number of thiophene rings is 1. The van der Waals surface area contributed by atoms with Gasteiger partial charge in [-0.2, -0.15) is 0 Å². The molecule has 0 unspecified atom stereocenters. The van der Waals surface area contributed by atoms with Gasteiger partial charge in [-0.25, -0.2) is 9.97 Å². The fourth-order valence-electron chi connectivity index (χ4n) is 9.95. The average Bonchev–Trinajstić information content (AvgIpc) is 3.88. The van der Waals surface area contributed by atoms with Gasteiger partial charge in [-0.15, -0.1) is 11.3 Å². The smallest absolute Gasteiger partial charge is 0.160 e. The van der Waals surface area contributed by atoms with Crippen LogP contribution >= 0.6 is 11.3 Å². The van der Waals surface area contributed by atoms with E-state index in [9.17, 15) is 0 Å². The zero-order valence-electron chi connectivity index (χ0n) is 33.7. The highest BCUT2D eigenvalue weighted by Gasteiger charge is 2.46. The maximum absolute atomic E-state index is 5.39. The van der Waals surface area contributed by atoms with Crippen LogP contribution in [0, 0.1) is 0 Å². The molecule has 0 fully saturated rings. The second-order valence-corrected chi connectivity index (χ2v) is 17.1. The van der Waals surface area contributed by atoms with Crippen LogP contribution < -0.4 is 0 Å². The van der Waals surface area contributed by atoms with Crippen LogP contribution in [-0.4, -0.2) is 9.97 Å². The van der Waals surface area contributed by atoms with Gasteiger partial charge in [-0.3, -0.25) is 0 Å². The summed E-state index contributed by atoms with van der Waals surface area (Å²) >= 11 is 1.85. The van der Waals surface area contributed by atoms with Crippen LogP contribution in [0.4, 0.5) is 0 Å². The Morgan fingerprint density at radius 2 is 0.839 bits per heavy atom. The molecule has 2 nitrogen and oxygen atoms in total. The summed E-state index contributed by atoms with van der Waals surface area (Å²) in [7, 11) is 0. The Kier molecular flexibility index (Phi) is 8.62. The van der Waals surface area contributed by atoms with Crippen molar-refractivity contribution in [2.24, 2.45) is 0 Å². The van der Waals surface area contributed by atoms with Crippen molar-refractivity contribution in [1.29, 1.82) is 0 Å². The predicted molar refractivity (Wildman–Crippen MR) is 259 cm³/mol. The van der Waals surface area contributed by atoms with Crippen molar-refractivity contribution >= 4 is 31.5 Å². The lowest BCUT2D eigenvalue weighted by molar-refractivity contribution is 0.769. The van der Waals surface area contributed by atoms with Crippen molar-refractivity contribution in [2.75, 3.05) is 0 Å². The van der Waals surface area contributed by atoms with Gasteiger partial charge in [-0.05, 0) is 79.9 Å². The van der Waals surface area contributed by atoms with Crippen LogP contribution in [0.5, 0.6) is 0 Å². The lowest BCUT2D eigenvalue weighted by Crippen LogP contribution is -2.28. The van der Waals surface area contributed by atoms with Crippen molar-refractivity contribution in [3.8, 4) is 67.3 Å². The van der Waals surface area contributed by atoms with Gasteiger partial charge in [0.2, 0.25) is 0 Å². The fourth-order valence-corrected chi connectivity index (χ4v) is 11.1. The summed E-state index contributed by atoms with van der Waals surface area (Å²) in [4.78, 5) is 10.8. The Bertz CT molecular complexity index is 3420. The number of aromatic nitrogens is 2. The number of hydrogen-bond acceptors (Lipinski definition) is 3. The van der Waals surface area contributed by atoms with Crippen LogP contribution in [-0.2, 0) is 5.41 Å². The molecule has 0 N–H and O–H groups in total. The highest BCUT2D eigenvalue weighted by Crippen LogP contribution is 2.57. The van der Waals surface area contributed by atoms with E-state index in [1.165, 1.54) is 59.1 Å². The van der Waals surface area contributed by atoms with E-state index < -0.39 is 5.41 Å². The maximum Gasteiger partial charge on any atom is 0.160 e. The van der Waals surface area contributed by atoms with E-state index in [4.69, 9.17) is 9.97 Å². The number of benzene rings is 9. The van der Waals surface area contributed by atoms with Crippen LogP contribution in [0.2, 0.25) is 0 Å². The summed E-state index contributed by atoms with van der Waals surface area (Å²) in [6.45, 7) is 0. The van der Waals surface area contributed by atoms with Crippen LogP contribution in [0.1, 0.15) is 22.3 Å². The quantitative estimate of drug-likeness (QED) is 0.160. The van der Waals surface area contributed by atoms with E-state index in [1.54, 1.807) is 0 Å². The number of nitrogens with zero attached hydrogens (tertiary/aromatic N) is 2. The normalized spacial score (nSPS) is 12.6. The first-order valence-corrected chi connectivity index (χ1v) is 22.0. The van der Waals surface area contributed by atoms with E-state index in [1.807, 2.05) is 17.4 Å². The highest BCUT2D eigenvalue weighted by atomic mass is 32.1.